The van der Waals surface area contributed by atoms with Crippen molar-refractivity contribution in [2.45, 2.75) is 19.4 Å². The number of quaternary nitrogens is 1. The Labute approximate surface area is 169 Å². The van der Waals surface area contributed by atoms with Crippen LogP contribution in [-0.4, -0.2) is 22.4 Å². The fraction of sp³-hybridized carbons (Fsp3) is 0.211. The fourth-order valence-corrected chi connectivity index (χ4v) is 3.96. The third kappa shape index (κ3) is 4.52. The van der Waals surface area contributed by atoms with Crippen LogP contribution in [0.3, 0.4) is 0 Å². The molecule has 1 atom stereocenters. The average molecular weight is 446 g/mol. The smallest absolute Gasteiger partial charge is 0.312 e. The monoisotopic (exact) mass is 445 g/mol. The first-order chi connectivity index (χ1) is 13.2. The summed E-state index contributed by atoms with van der Waals surface area (Å²) in [5.41, 5.74) is 0.912. The number of carbonyl (C=O) groups excluding carboxylic acids is 1. The van der Waals surface area contributed by atoms with Gasteiger partial charge in [-0.05, 0) is 28.1 Å². The van der Waals surface area contributed by atoms with Crippen molar-refractivity contribution in [3.05, 3.63) is 58.1 Å². The molecule has 2 N–H and O–H groups in total. The van der Waals surface area contributed by atoms with Gasteiger partial charge in [-0.2, -0.15) is 0 Å². The number of rotatable bonds is 6. The van der Waals surface area contributed by atoms with Crippen LogP contribution in [0.15, 0.2) is 52.4 Å². The first-order valence-electron chi connectivity index (χ1n) is 8.65. The fourth-order valence-electron chi connectivity index (χ4n) is 2.94. The van der Waals surface area contributed by atoms with E-state index in [0.29, 0.717) is 24.5 Å². The predicted octanol–water partition coefficient (Wildman–Crippen LogP) is 3.54. The summed E-state index contributed by atoms with van der Waals surface area (Å²) in [6.45, 7) is 1.53. The number of para-hydroxylation sites is 1. The van der Waals surface area contributed by atoms with Gasteiger partial charge in [0.1, 0.15) is 18.0 Å². The number of carbonyl (C=O) groups is 1. The van der Waals surface area contributed by atoms with E-state index in [2.05, 4.69) is 31.2 Å². The molecule has 1 aromatic carbocycles. The van der Waals surface area contributed by atoms with E-state index in [4.69, 9.17) is 4.74 Å². The summed E-state index contributed by atoms with van der Waals surface area (Å²) < 4.78 is 6.79. The Balaban J connectivity index is 1.50. The van der Waals surface area contributed by atoms with E-state index >= 15 is 0 Å². The van der Waals surface area contributed by atoms with Crippen LogP contribution in [0.4, 0.5) is 10.9 Å². The molecule has 3 aromatic rings. The van der Waals surface area contributed by atoms with Crippen molar-refractivity contribution in [3.63, 3.8) is 0 Å². The van der Waals surface area contributed by atoms with Crippen molar-refractivity contribution in [3.8, 4) is 11.5 Å². The molecule has 3 heterocycles. The van der Waals surface area contributed by atoms with Crippen LogP contribution in [-0.2, 0) is 11.3 Å². The lowest BCUT2D eigenvalue weighted by atomic mass is 10.3. The van der Waals surface area contributed by atoms with Crippen molar-refractivity contribution in [2.24, 2.45) is 0 Å². The number of hydrogen-bond acceptors (Lipinski definition) is 6. The highest BCUT2D eigenvalue weighted by Gasteiger charge is 2.26. The molecular formula is C19H18BrN4O2S+. The summed E-state index contributed by atoms with van der Waals surface area (Å²) in [5, 5.41) is 5.94. The molecule has 1 aliphatic rings. The molecule has 1 saturated heterocycles. The van der Waals surface area contributed by atoms with Gasteiger partial charge in [0.25, 0.3) is 0 Å². The first kappa shape index (κ1) is 18.1. The molecule has 0 spiro atoms. The topological polar surface area (TPSA) is 68.5 Å². The van der Waals surface area contributed by atoms with Crippen LogP contribution in [0.1, 0.15) is 18.5 Å². The molecule has 2 aromatic heterocycles. The molecule has 0 bridgehead atoms. The van der Waals surface area contributed by atoms with Crippen molar-refractivity contribution in [2.75, 3.05) is 11.9 Å². The van der Waals surface area contributed by atoms with Gasteiger partial charge in [0.05, 0.1) is 13.0 Å². The minimum Gasteiger partial charge on any atom is -0.453 e. The second-order valence-electron chi connectivity index (χ2n) is 6.24. The van der Waals surface area contributed by atoms with Gasteiger partial charge in [-0.3, -0.25) is 4.90 Å². The van der Waals surface area contributed by atoms with Gasteiger partial charge in [0.15, 0.2) is 16.7 Å². The lowest BCUT2D eigenvalue weighted by molar-refractivity contribution is -0.826. The molecule has 27 heavy (non-hydrogen) atoms. The summed E-state index contributed by atoms with van der Waals surface area (Å²) in [6, 6.07) is 11.4. The van der Waals surface area contributed by atoms with Crippen LogP contribution >= 0.6 is 27.3 Å². The number of amides is 1. The molecule has 1 fully saturated rings. The number of nitrogens with zero attached hydrogens (tertiary/aromatic N) is 2. The van der Waals surface area contributed by atoms with Crippen LogP contribution in [0, 0.1) is 0 Å². The van der Waals surface area contributed by atoms with Crippen LogP contribution in [0.2, 0.25) is 0 Å². The number of ether oxygens (including phenoxy) is 1. The van der Waals surface area contributed by atoms with Crippen LogP contribution in [0.25, 0.3) is 0 Å². The van der Waals surface area contributed by atoms with Crippen LogP contribution in [0.5, 0.6) is 11.5 Å². The van der Waals surface area contributed by atoms with Crippen LogP contribution < -0.4 is 15.0 Å². The zero-order valence-electron chi connectivity index (χ0n) is 14.4. The summed E-state index contributed by atoms with van der Waals surface area (Å²) in [4.78, 5) is 21.8. The Kier molecular flexibility index (Phi) is 5.47. The van der Waals surface area contributed by atoms with Crippen molar-refractivity contribution in [1.29, 1.82) is 0 Å². The van der Waals surface area contributed by atoms with E-state index in [1.165, 1.54) is 11.3 Å². The van der Waals surface area contributed by atoms with Crippen molar-refractivity contribution in [1.82, 2.24) is 9.97 Å². The van der Waals surface area contributed by atoms with Gasteiger partial charge < -0.3 is 10.1 Å². The number of aromatic nitrogens is 2. The average Bonchev–Trinajstić information content (AvgIpc) is 3.28. The van der Waals surface area contributed by atoms with E-state index in [-0.39, 0.29) is 5.91 Å². The molecule has 0 saturated carbocycles. The highest BCUT2D eigenvalue weighted by Crippen LogP contribution is 2.33. The third-order valence-corrected chi connectivity index (χ3v) is 5.48. The zero-order chi connectivity index (χ0) is 18.6. The van der Waals surface area contributed by atoms with Gasteiger partial charge >= 0.3 is 5.91 Å². The number of hydrogen-bond donors (Lipinski definition) is 2. The van der Waals surface area contributed by atoms with E-state index in [1.807, 2.05) is 41.8 Å². The largest absolute Gasteiger partial charge is 0.453 e. The Hall–Kier alpha value is -2.29. The lowest BCUT2D eigenvalue weighted by Crippen LogP contribution is -3.11. The van der Waals surface area contributed by atoms with E-state index < -0.39 is 0 Å². The van der Waals surface area contributed by atoms with E-state index in [0.717, 1.165) is 38.9 Å². The van der Waals surface area contributed by atoms with E-state index in [1.54, 1.807) is 6.20 Å². The summed E-state index contributed by atoms with van der Waals surface area (Å²) in [6.07, 6.45) is 3.35. The second kappa shape index (κ2) is 8.16. The molecule has 0 aliphatic carbocycles. The highest BCUT2D eigenvalue weighted by atomic mass is 79.9. The molecule has 4 rings (SSSR count). The number of anilines is 2. The van der Waals surface area contributed by atoms with E-state index in [9.17, 15) is 4.79 Å². The maximum absolute atomic E-state index is 11.8. The highest BCUT2D eigenvalue weighted by molar-refractivity contribution is 9.10. The van der Waals surface area contributed by atoms with Gasteiger partial charge in [-0.15, -0.1) is 11.3 Å². The molecule has 1 unspecified atom stereocenters. The number of likely N-dealkylation sites (tertiary alicyclic amines) is 1. The number of nitrogens with one attached hydrogen (secondary N) is 2. The van der Waals surface area contributed by atoms with Gasteiger partial charge in [0.2, 0.25) is 0 Å². The Morgan fingerprint density at radius 2 is 2.15 bits per heavy atom. The molecule has 138 valence electrons. The number of pyridine rings is 1. The number of benzene rings is 1. The zero-order valence-corrected chi connectivity index (χ0v) is 16.8. The molecule has 1 aliphatic heterocycles. The predicted molar refractivity (Wildman–Crippen MR) is 108 cm³/mol. The van der Waals surface area contributed by atoms with Crippen molar-refractivity contribution >= 4 is 44.1 Å². The normalized spacial score (nSPS) is 16.5. The minimum atomic E-state index is 0.283. The maximum atomic E-state index is 11.8. The minimum absolute atomic E-state index is 0.283. The number of halogens is 1. The van der Waals surface area contributed by atoms with Crippen molar-refractivity contribution < 1.29 is 14.4 Å². The first-order valence-corrected chi connectivity index (χ1v) is 10.3. The van der Waals surface area contributed by atoms with Gasteiger partial charge in [-0.1, -0.05) is 18.2 Å². The standard InChI is InChI=1S/C19H17BrN4O2S/c20-13-9-16(26-15-5-2-1-3-6-15)18(21-10-13)23-19-22-14(12-27-19)11-24-8-4-7-17(24)25/h1-3,5-6,9-10,12H,4,7-8,11H2,(H,21,22,23)/p+1. The Morgan fingerprint density at radius 3 is 2.93 bits per heavy atom. The maximum Gasteiger partial charge on any atom is 0.312 e. The third-order valence-electron chi connectivity index (χ3n) is 4.24. The molecule has 1 amide bonds. The molecular weight excluding hydrogens is 428 g/mol. The molecule has 6 nitrogen and oxygen atoms in total. The molecule has 8 heteroatoms. The Morgan fingerprint density at radius 1 is 1.30 bits per heavy atom. The van der Waals surface area contributed by atoms with Gasteiger partial charge in [-0.25, -0.2) is 14.8 Å². The SMILES string of the molecule is O=C1CCC[NH+]1Cc1csc(Nc2ncc(Br)cc2Oc2ccccc2)n1. The Bertz CT molecular complexity index is 948. The summed E-state index contributed by atoms with van der Waals surface area (Å²) in [5.74, 6) is 2.21. The second-order valence-corrected chi connectivity index (χ2v) is 8.02. The summed E-state index contributed by atoms with van der Waals surface area (Å²) >= 11 is 4.93. The summed E-state index contributed by atoms with van der Waals surface area (Å²) in [7, 11) is 0. The quantitative estimate of drug-likeness (QED) is 0.607. The lowest BCUT2D eigenvalue weighted by Gasteiger charge is -2.11. The molecule has 0 radical (unpaired) electrons. The number of thiazole rings is 1. The van der Waals surface area contributed by atoms with Gasteiger partial charge in [0, 0.05) is 28.5 Å².